The van der Waals surface area contributed by atoms with Crippen LogP contribution in [0.2, 0.25) is 0 Å². The summed E-state index contributed by atoms with van der Waals surface area (Å²) in [5.41, 5.74) is 3.32. The number of carbonyl (C=O) groups is 2. The predicted octanol–water partition coefficient (Wildman–Crippen LogP) is 5.08. The Morgan fingerprint density at radius 3 is 2.39 bits per heavy atom. The minimum Gasteiger partial charge on any atom is -0.340 e. The molecule has 1 aromatic heterocycles. The summed E-state index contributed by atoms with van der Waals surface area (Å²) < 4.78 is 0. The number of rotatable bonds is 8. The molecule has 0 saturated heterocycles. The van der Waals surface area contributed by atoms with E-state index in [2.05, 4.69) is 15.6 Å². The Labute approximate surface area is 187 Å². The Morgan fingerprint density at radius 2 is 1.74 bits per heavy atom. The standard InChI is InChI=1S/C25H27N3O2S/c1-17(2)23(28-24(29)22-9-5-4-7-18(22)3)25(30)27-20-10-12-21(13-11-20)31-16-19-8-6-14-26-15-19/h4-15,17,23H,16H2,1-3H3,(H,27,30)(H,28,29)/t23-/m0/s1. The number of carbonyl (C=O) groups excluding carboxylic acids is 2. The highest BCUT2D eigenvalue weighted by atomic mass is 32.2. The summed E-state index contributed by atoms with van der Waals surface area (Å²) in [6, 6.07) is 18.4. The number of pyridine rings is 1. The van der Waals surface area contributed by atoms with Crippen molar-refractivity contribution in [2.24, 2.45) is 5.92 Å². The maximum absolute atomic E-state index is 12.9. The first kappa shape index (κ1) is 22.6. The summed E-state index contributed by atoms with van der Waals surface area (Å²) in [5, 5.41) is 5.81. The number of benzene rings is 2. The van der Waals surface area contributed by atoms with Crippen molar-refractivity contribution in [3.8, 4) is 0 Å². The summed E-state index contributed by atoms with van der Waals surface area (Å²) in [7, 11) is 0. The lowest BCUT2D eigenvalue weighted by atomic mass is 10.0. The average Bonchev–Trinajstić information content (AvgIpc) is 2.77. The second-order valence-corrected chi connectivity index (χ2v) is 8.72. The van der Waals surface area contributed by atoms with E-state index in [0.717, 1.165) is 21.8 Å². The Hall–Kier alpha value is -3.12. The van der Waals surface area contributed by atoms with Crippen LogP contribution in [0.5, 0.6) is 0 Å². The molecule has 2 amide bonds. The van der Waals surface area contributed by atoms with Crippen molar-refractivity contribution in [3.05, 3.63) is 89.7 Å². The minimum absolute atomic E-state index is 0.0534. The van der Waals surface area contributed by atoms with Crippen molar-refractivity contribution in [3.63, 3.8) is 0 Å². The molecule has 0 saturated carbocycles. The van der Waals surface area contributed by atoms with Crippen molar-refractivity contribution in [2.75, 3.05) is 5.32 Å². The van der Waals surface area contributed by atoms with Crippen LogP contribution in [0.3, 0.4) is 0 Å². The molecule has 0 aliphatic heterocycles. The fourth-order valence-corrected chi connectivity index (χ4v) is 3.92. The first-order chi connectivity index (χ1) is 14.9. The molecule has 31 heavy (non-hydrogen) atoms. The molecule has 0 unspecified atom stereocenters. The highest BCUT2D eigenvalue weighted by molar-refractivity contribution is 7.98. The molecule has 1 atom stereocenters. The molecule has 0 aliphatic carbocycles. The third-order valence-electron chi connectivity index (χ3n) is 4.88. The lowest BCUT2D eigenvalue weighted by Crippen LogP contribution is -2.47. The number of nitrogens with zero attached hydrogens (tertiary/aromatic N) is 1. The maximum atomic E-state index is 12.9. The molecule has 0 spiro atoms. The molecular formula is C25H27N3O2S. The number of amides is 2. The zero-order valence-electron chi connectivity index (χ0n) is 18.0. The number of aromatic nitrogens is 1. The van der Waals surface area contributed by atoms with Crippen molar-refractivity contribution >= 4 is 29.3 Å². The highest BCUT2D eigenvalue weighted by Gasteiger charge is 2.25. The largest absolute Gasteiger partial charge is 0.340 e. The van der Waals surface area contributed by atoms with Crippen molar-refractivity contribution in [1.29, 1.82) is 0 Å². The number of nitrogens with one attached hydrogen (secondary N) is 2. The normalized spacial score (nSPS) is 11.7. The Kier molecular flexibility index (Phi) is 7.84. The number of hydrogen-bond acceptors (Lipinski definition) is 4. The summed E-state index contributed by atoms with van der Waals surface area (Å²) in [5.74, 6) is 0.309. The summed E-state index contributed by atoms with van der Waals surface area (Å²) in [6.07, 6.45) is 3.62. The molecular weight excluding hydrogens is 406 g/mol. The van der Waals surface area contributed by atoms with Crippen LogP contribution in [0, 0.1) is 12.8 Å². The number of hydrogen-bond donors (Lipinski definition) is 2. The molecule has 0 fully saturated rings. The smallest absolute Gasteiger partial charge is 0.252 e. The first-order valence-electron chi connectivity index (χ1n) is 10.2. The van der Waals surface area contributed by atoms with Crippen LogP contribution in [0.25, 0.3) is 0 Å². The Morgan fingerprint density at radius 1 is 1.00 bits per heavy atom. The fourth-order valence-electron chi connectivity index (χ4n) is 3.09. The van der Waals surface area contributed by atoms with E-state index in [0.29, 0.717) is 11.3 Å². The molecule has 5 nitrogen and oxygen atoms in total. The third kappa shape index (κ3) is 6.43. The van der Waals surface area contributed by atoms with Crippen molar-refractivity contribution in [2.45, 2.75) is 37.5 Å². The van der Waals surface area contributed by atoms with Gasteiger partial charge in [0.2, 0.25) is 5.91 Å². The van der Waals surface area contributed by atoms with Gasteiger partial charge >= 0.3 is 0 Å². The van der Waals surface area contributed by atoms with Crippen LogP contribution < -0.4 is 10.6 Å². The second kappa shape index (κ2) is 10.8. The van der Waals surface area contributed by atoms with Gasteiger partial charge in [-0.15, -0.1) is 11.8 Å². The van der Waals surface area contributed by atoms with Gasteiger partial charge in [0, 0.05) is 34.3 Å². The third-order valence-corrected chi connectivity index (χ3v) is 5.96. The lowest BCUT2D eigenvalue weighted by Gasteiger charge is -2.22. The highest BCUT2D eigenvalue weighted by Crippen LogP contribution is 2.24. The van der Waals surface area contributed by atoms with E-state index < -0.39 is 6.04 Å². The maximum Gasteiger partial charge on any atom is 0.252 e. The van der Waals surface area contributed by atoms with E-state index in [1.54, 1.807) is 24.0 Å². The first-order valence-corrected chi connectivity index (χ1v) is 11.2. The summed E-state index contributed by atoms with van der Waals surface area (Å²) in [6.45, 7) is 5.72. The number of anilines is 1. The van der Waals surface area contributed by atoms with E-state index in [1.807, 2.05) is 81.6 Å². The van der Waals surface area contributed by atoms with Gasteiger partial charge in [0.1, 0.15) is 6.04 Å². The zero-order valence-corrected chi connectivity index (χ0v) is 18.8. The summed E-state index contributed by atoms with van der Waals surface area (Å²) >= 11 is 1.71. The van der Waals surface area contributed by atoms with Crippen LogP contribution >= 0.6 is 11.8 Å². The topological polar surface area (TPSA) is 71.1 Å². The van der Waals surface area contributed by atoms with E-state index >= 15 is 0 Å². The molecule has 0 bridgehead atoms. The SMILES string of the molecule is Cc1ccccc1C(=O)N[C@H](C(=O)Nc1ccc(SCc2cccnc2)cc1)C(C)C. The van der Waals surface area contributed by atoms with Gasteiger partial charge in [-0.05, 0) is 60.4 Å². The van der Waals surface area contributed by atoms with Crippen LogP contribution in [0.4, 0.5) is 5.69 Å². The van der Waals surface area contributed by atoms with Gasteiger partial charge in [-0.1, -0.05) is 38.1 Å². The van der Waals surface area contributed by atoms with Crippen LogP contribution in [-0.2, 0) is 10.5 Å². The van der Waals surface area contributed by atoms with Crippen LogP contribution in [0.1, 0.15) is 35.3 Å². The minimum atomic E-state index is -0.633. The molecule has 2 aromatic carbocycles. The molecule has 2 N–H and O–H groups in total. The molecule has 0 radical (unpaired) electrons. The second-order valence-electron chi connectivity index (χ2n) is 7.67. The lowest BCUT2D eigenvalue weighted by molar-refractivity contribution is -0.118. The fraction of sp³-hybridized carbons (Fsp3) is 0.240. The van der Waals surface area contributed by atoms with Crippen LogP contribution in [-0.4, -0.2) is 22.8 Å². The Bertz CT molecular complexity index is 1020. The van der Waals surface area contributed by atoms with Gasteiger partial charge in [0.15, 0.2) is 0 Å². The van der Waals surface area contributed by atoms with Gasteiger partial charge in [0.25, 0.3) is 5.91 Å². The van der Waals surface area contributed by atoms with E-state index in [4.69, 9.17) is 0 Å². The van der Waals surface area contributed by atoms with E-state index in [-0.39, 0.29) is 17.7 Å². The molecule has 0 aliphatic rings. The predicted molar refractivity (Wildman–Crippen MR) is 126 cm³/mol. The Balaban J connectivity index is 1.60. The van der Waals surface area contributed by atoms with E-state index in [1.165, 1.54) is 0 Å². The quantitative estimate of drug-likeness (QED) is 0.486. The summed E-state index contributed by atoms with van der Waals surface area (Å²) in [4.78, 5) is 30.8. The van der Waals surface area contributed by atoms with Gasteiger partial charge in [0.05, 0.1) is 0 Å². The number of thioether (sulfide) groups is 1. The molecule has 3 rings (SSSR count). The monoisotopic (exact) mass is 433 g/mol. The van der Waals surface area contributed by atoms with Crippen molar-refractivity contribution in [1.82, 2.24) is 10.3 Å². The molecule has 3 aromatic rings. The molecule has 1 heterocycles. The van der Waals surface area contributed by atoms with Gasteiger partial charge in [-0.3, -0.25) is 14.6 Å². The van der Waals surface area contributed by atoms with Gasteiger partial charge < -0.3 is 10.6 Å². The van der Waals surface area contributed by atoms with Crippen LogP contribution in [0.15, 0.2) is 78.0 Å². The van der Waals surface area contributed by atoms with Gasteiger partial charge in [-0.2, -0.15) is 0 Å². The molecule has 6 heteroatoms. The zero-order chi connectivity index (χ0) is 22.2. The van der Waals surface area contributed by atoms with E-state index in [9.17, 15) is 9.59 Å². The molecule has 160 valence electrons. The number of aryl methyl sites for hydroxylation is 1. The average molecular weight is 434 g/mol. The van der Waals surface area contributed by atoms with Gasteiger partial charge in [-0.25, -0.2) is 0 Å². The van der Waals surface area contributed by atoms with Crippen molar-refractivity contribution < 1.29 is 9.59 Å².